The van der Waals surface area contributed by atoms with E-state index in [9.17, 15) is 22.4 Å². The van der Waals surface area contributed by atoms with Crippen molar-refractivity contribution in [3.63, 3.8) is 0 Å². The van der Waals surface area contributed by atoms with Gasteiger partial charge in [-0.3, -0.25) is 4.79 Å². The summed E-state index contributed by atoms with van der Waals surface area (Å²) in [5, 5.41) is 2.67. The lowest BCUT2D eigenvalue weighted by Crippen LogP contribution is -2.26. The summed E-state index contributed by atoms with van der Waals surface area (Å²) >= 11 is 0. The Balaban J connectivity index is 1.53. The first-order chi connectivity index (χ1) is 14.8. The van der Waals surface area contributed by atoms with E-state index in [0.717, 1.165) is 6.07 Å². The van der Waals surface area contributed by atoms with Crippen molar-refractivity contribution >= 4 is 17.1 Å². The van der Waals surface area contributed by atoms with Crippen molar-refractivity contribution in [3.8, 4) is 11.4 Å². The molecule has 0 bridgehead atoms. The Morgan fingerprint density at radius 2 is 1.81 bits per heavy atom. The van der Waals surface area contributed by atoms with Gasteiger partial charge in [0.25, 0.3) is 5.91 Å². The number of nitrogens with zero attached hydrogens (tertiary/aromatic N) is 2. The Hall–Kier alpha value is -3.75. The maximum atomic E-state index is 13.7. The molecule has 158 valence electrons. The maximum absolute atomic E-state index is 13.7. The van der Waals surface area contributed by atoms with Crippen LogP contribution in [0.25, 0.3) is 22.6 Å². The van der Waals surface area contributed by atoms with Crippen LogP contribution in [-0.4, -0.2) is 27.4 Å². The van der Waals surface area contributed by atoms with Crippen molar-refractivity contribution in [1.82, 2.24) is 20.3 Å². The molecule has 4 rings (SSSR count). The summed E-state index contributed by atoms with van der Waals surface area (Å²) in [6.45, 7) is 1.43. The number of hydrogen-bond acceptors (Lipinski definition) is 3. The predicted octanol–water partition coefficient (Wildman–Crippen LogP) is 4.46. The zero-order valence-corrected chi connectivity index (χ0v) is 16.3. The van der Waals surface area contributed by atoms with Crippen LogP contribution < -0.4 is 5.32 Å². The highest BCUT2D eigenvalue weighted by molar-refractivity contribution is 6.04. The molecule has 31 heavy (non-hydrogen) atoms. The van der Waals surface area contributed by atoms with Crippen LogP contribution in [0.15, 0.2) is 42.6 Å². The summed E-state index contributed by atoms with van der Waals surface area (Å²) in [5.41, 5.74) is 1.87. The number of amides is 1. The van der Waals surface area contributed by atoms with Crippen LogP contribution in [0.1, 0.15) is 21.5 Å². The summed E-state index contributed by atoms with van der Waals surface area (Å²) < 4.78 is 53.6. The molecular weight excluding hydrogens is 412 g/mol. The Morgan fingerprint density at radius 1 is 1.06 bits per heavy atom. The molecule has 1 amide bonds. The SMILES string of the molecule is Cc1c(CCNC(=O)c2ccnc3nc(-c4ccc(F)cc4)[nH]c23)cc(F)c(F)c1F. The number of carbonyl (C=O) groups is 1. The molecule has 2 aromatic carbocycles. The fraction of sp³-hybridized carbons (Fsp3) is 0.136. The predicted molar refractivity (Wildman–Crippen MR) is 106 cm³/mol. The third-order valence-corrected chi connectivity index (χ3v) is 4.95. The number of imidazole rings is 1. The van der Waals surface area contributed by atoms with Gasteiger partial charge >= 0.3 is 0 Å². The monoisotopic (exact) mass is 428 g/mol. The lowest BCUT2D eigenvalue weighted by atomic mass is 10.0. The number of fused-ring (bicyclic) bond motifs is 1. The lowest BCUT2D eigenvalue weighted by molar-refractivity contribution is 0.0955. The molecule has 5 nitrogen and oxygen atoms in total. The summed E-state index contributed by atoms with van der Waals surface area (Å²) in [5.74, 6) is -4.41. The van der Waals surface area contributed by atoms with Gasteiger partial charge in [0.2, 0.25) is 0 Å². The van der Waals surface area contributed by atoms with Crippen LogP contribution in [0.3, 0.4) is 0 Å². The normalized spacial score (nSPS) is 11.1. The molecular formula is C22H16F4N4O. The molecule has 9 heteroatoms. The van der Waals surface area contributed by atoms with Crippen LogP contribution in [0.2, 0.25) is 0 Å². The van der Waals surface area contributed by atoms with Crippen molar-refractivity contribution in [3.05, 3.63) is 82.6 Å². The Morgan fingerprint density at radius 3 is 2.55 bits per heavy atom. The highest BCUT2D eigenvalue weighted by Crippen LogP contribution is 2.22. The minimum atomic E-state index is -1.51. The van der Waals surface area contributed by atoms with E-state index in [4.69, 9.17) is 0 Å². The molecule has 0 aliphatic heterocycles. The Labute approximate surface area is 174 Å². The molecule has 2 N–H and O–H groups in total. The van der Waals surface area contributed by atoms with Crippen LogP contribution in [-0.2, 0) is 6.42 Å². The maximum Gasteiger partial charge on any atom is 0.253 e. The van der Waals surface area contributed by atoms with E-state index in [2.05, 4.69) is 20.3 Å². The van der Waals surface area contributed by atoms with Gasteiger partial charge in [-0.1, -0.05) is 0 Å². The highest BCUT2D eigenvalue weighted by atomic mass is 19.2. The Kier molecular flexibility index (Phi) is 5.41. The standard InChI is InChI=1S/C22H16F4N4O/c1-11-13(10-16(24)18(26)17(11)25)6-8-28-22(31)15-7-9-27-21-19(15)29-20(30-21)12-2-4-14(23)5-3-12/h2-5,7,9-10H,6,8H2,1H3,(H,28,31)(H,27,29,30). The van der Waals surface area contributed by atoms with E-state index in [0.29, 0.717) is 22.6 Å². The first-order valence-corrected chi connectivity index (χ1v) is 9.37. The molecule has 4 aromatic rings. The van der Waals surface area contributed by atoms with Gasteiger partial charge in [-0.25, -0.2) is 27.5 Å². The van der Waals surface area contributed by atoms with Crippen molar-refractivity contribution < 1.29 is 22.4 Å². The molecule has 0 saturated carbocycles. The number of carbonyl (C=O) groups excluding carboxylic acids is 1. The van der Waals surface area contributed by atoms with Gasteiger partial charge in [0.15, 0.2) is 23.1 Å². The average Bonchev–Trinajstić information content (AvgIpc) is 3.20. The topological polar surface area (TPSA) is 70.7 Å². The van der Waals surface area contributed by atoms with Crippen LogP contribution in [0.4, 0.5) is 17.6 Å². The molecule has 0 unspecified atom stereocenters. The van der Waals surface area contributed by atoms with Gasteiger partial charge in [0.1, 0.15) is 11.6 Å². The van der Waals surface area contributed by atoms with E-state index < -0.39 is 23.4 Å². The number of rotatable bonds is 5. The highest BCUT2D eigenvalue weighted by Gasteiger charge is 2.17. The molecule has 0 atom stereocenters. The number of H-pyrrole nitrogens is 1. The molecule has 0 saturated heterocycles. The fourth-order valence-corrected chi connectivity index (χ4v) is 3.25. The largest absolute Gasteiger partial charge is 0.352 e. The summed E-state index contributed by atoms with van der Waals surface area (Å²) in [4.78, 5) is 24.2. The third kappa shape index (κ3) is 3.98. The number of aromatic nitrogens is 3. The number of aromatic amines is 1. The van der Waals surface area contributed by atoms with Gasteiger partial charge < -0.3 is 10.3 Å². The minimum absolute atomic E-state index is 0.00282. The third-order valence-electron chi connectivity index (χ3n) is 4.95. The van der Waals surface area contributed by atoms with E-state index in [1.54, 1.807) is 12.1 Å². The number of hydrogen-bond donors (Lipinski definition) is 2. The smallest absolute Gasteiger partial charge is 0.253 e. The van der Waals surface area contributed by atoms with E-state index in [-0.39, 0.29) is 35.5 Å². The quantitative estimate of drug-likeness (QED) is 0.364. The number of halogens is 4. The second-order valence-electron chi connectivity index (χ2n) is 6.93. The van der Waals surface area contributed by atoms with Gasteiger partial charge in [0.05, 0.1) is 11.1 Å². The summed E-state index contributed by atoms with van der Waals surface area (Å²) in [7, 11) is 0. The molecule has 0 spiro atoms. The van der Waals surface area contributed by atoms with Crippen LogP contribution >= 0.6 is 0 Å². The van der Waals surface area contributed by atoms with Gasteiger partial charge in [0, 0.05) is 18.3 Å². The molecule has 0 aliphatic carbocycles. The minimum Gasteiger partial charge on any atom is -0.352 e. The van der Waals surface area contributed by atoms with Crippen LogP contribution in [0.5, 0.6) is 0 Å². The van der Waals surface area contributed by atoms with Gasteiger partial charge in [-0.05, 0) is 60.9 Å². The first-order valence-electron chi connectivity index (χ1n) is 9.37. The van der Waals surface area contributed by atoms with Crippen molar-refractivity contribution in [2.75, 3.05) is 6.54 Å². The van der Waals surface area contributed by atoms with Gasteiger partial charge in [-0.2, -0.15) is 0 Å². The van der Waals surface area contributed by atoms with E-state index in [1.165, 1.54) is 31.3 Å². The lowest BCUT2D eigenvalue weighted by Gasteiger charge is -2.10. The van der Waals surface area contributed by atoms with Gasteiger partial charge in [-0.15, -0.1) is 0 Å². The van der Waals surface area contributed by atoms with Crippen LogP contribution in [0, 0.1) is 30.2 Å². The molecule has 0 radical (unpaired) electrons. The number of pyridine rings is 1. The second kappa shape index (κ2) is 8.17. The molecule has 0 aliphatic rings. The van der Waals surface area contributed by atoms with Crippen molar-refractivity contribution in [2.24, 2.45) is 0 Å². The molecule has 0 fully saturated rings. The zero-order chi connectivity index (χ0) is 22.1. The molecule has 2 aromatic heterocycles. The Bertz CT molecular complexity index is 1290. The van der Waals surface area contributed by atoms with E-state index >= 15 is 0 Å². The number of nitrogens with one attached hydrogen (secondary N) is 2. The first kappa shape index (κ1) is 20.5. The van der Waals surface area contributed by atoms with Crippen molar-refractivity contribution in [1.29, 1.82) is 0 Å². The van der Waals surface area contributed by atoms with E-state index in [1.807, 2.05) is 0 Å². The second-order valence-corrected chi connectivity index (χ2v) is 6.93. The summed E-state index contributed by atoms with van der Waals surface area (Å²) in [6, 6.07) is 8.13. The van der Waals surface area contributed by atoms with Crippen molar-refractivity contribution in [2.45, 2.75) is 13.3 Å². The average molecular weight is 428 g/mol. The molecule has 2 heterocycles. The zero-order valence-electron chi connectivity index (χ0n) is 16.3. The summed E-state index contributed by atoms with van der Waals surface area (Å²) in [6.07, 6.45) is 1.55. The fourth-order valence-electron chi connectivity index (χ4n) is 3.25. The number of benzene rings is 2.